The van der Waals surface area contributed by atoms with Crippen molar-refractivity contribution >= 4 is 11.6 Å². The Morgan fingerprint density at radius 2 is 1.70 bits per heavy atom. The summed E-state index contributed by atoms with van der Waals surface area (Å²) in [6, 6.07) is 1.27. The summed E-state index contributed by atoms with van der Waals surface area (Å²) in [6.07, 6.45) is -4.38. The van der Waals surface area contributed by atoms with Crippen LogP contribution in [0.4, 0.5) is 24.8 Å². The van der Waals surface area contributed by atoms with Crippen LogP contribution in [0.25, 0.3) is 0 Å². The first-order valence-corrected chi connectivity index (χ1v) is 5.94. The fourth-order valence-electron chi connectivity index (χ4n) is 1.48. The molecule has 0 aliphatic carbocycles. The zero-order chi connectivity index (χ0) is 15.4. The zero-order valence-corrected chi connectivity index (χ0v) is 11.1. The van der Waals surface area contributed by atoms with Gasteiger partial charge < -0.3 is 20.8 Å². The Balaban J connectivity index is 3.18. The van der Waals surface area contributed by atoms with E-state index in [1.165, 1.54) is 13.1 Å². The summed E-state index contributed by atoms with van der Waals surface area (Å²) in [4.78, 5) is 6.69. The van der Waals surface area contributed by atoms with Crippen LogP contribution in [-0.2, 0) is 6.18 Å². The van der Waals surface area contributed by atoms with E-state index >= 15 is 0 Å². The third kappa shape index (κ3) is 3.70. The Hall–Kier alpha value is -1.61. The van der Waals surface area contributed by atoms with Crippen molar-refractivity contribution in [1.82, 2.24) is 9.97 Å². The number of nitrogens with zero attached hydrogens (tertiary/aromatic N) is 2. The van der Waals surface area contributed by atoms with Gasteiger partial charge in [-0.1, -0.05) is 6.92 Å². The molecule has 0 radical (unpaired) electrons. The van der Waals surface area contributed by atoms with Gasteiger partial charge in [0, 0.05) is 13.1 Å². The topological polar surface area (TPSA) is 90.3 Å². The molecule has 0 spiro atoms. The van der Waals surface area contributed by atoms with Gasteiger partial charge in [-0.2, -0.15) is 13.2 Å². The molecular formula is C11H17F3N4O2. The van der Waals surface area contributed by atoms with E-state index in [9.17, 15) is 23.4 Å². The lowest BCUT2D eigenvalue weighted by Crippen LogP contribution is -2.45. The molecule has 0 saturated carbocycles. The maximum absolute atomic E-state index is 12.7. The Kier molecular flexibility index (Phi) is 5.12. The summed E-state index contributed by atoms with van der Waals surface area (Å²) in [7, 11) is 1.43. The van der Waals surface area contributed by atoms with Crippen LogP contribution in [0.5, 0.6) is 0 Å². The van der Waals surface area contributed by atoms with Crippen molar-refractivity contribution in [3.05, 3.63) is 11.9 Å². The molecule has 0 aromatic carbocycles. The largest absolute Gasteiger partial charge is 0.451 e. The quantitative estimate of drug-likeness (QED) is 0.628. The first kappa shape index (κ1) is 16.4. The molecule has 0 unspecified atom stereocenters. The Bertz CT molecular complexity index is 442. The van der Waals surface area contributed by atoms with Crippen molar-refractivity contribution in [2.75, 3.05) is 30.9 Å². The molecule has 0 aliphatic rings. The summed E-state index contributed by atoms with van der Waals surface area (Å²) in [6.45, 7) is 0.796. The Morgan fingerprint density at radius 1 is 1.15 bits per heavy atom. The van der Waals surface area contributed by atoms with Crippen LogP contribution in [0.1, 0.15) is 19.2 Å². The van der Waals surface area contributed by atoms with Crippen LogP contribution in [0.15, 0.2) is 6.07 Å². The fraction of sp³-hybridized carbons (Fsp3) is 0.636. The second-order valence-corrected chi connectivity index (χ2v) is 4.28. The highest BCUT2D eigenvalue weighted by atomic mass is 19.4. The van der Waals surface area contributed by atoms with Gasteiger partial charge >= 0.3 is 6.18 Å². The summed E-state index contributed by atoms with van der Waals surface area (Å²) in [5, 5.41) is 23.7. The predicted molar refractivity (Wildman–Crippen MR) is 67.4 cm³/mol. The lowest BCUT2D eigenvalue weighted by molar-refractivity contribution is -0.144. The lowest BCUT2D eigenvalue weighted by atomic mass is 9.98. The number of rotatable bonds is 6. The van der Waals surface area contributed by atoms with Gasteiger partial charge in [-0.3, -0.25) is 0 Å². The van der Waals surface area contributed by atoms with E-state index in [1.54, 1.807) is 6.92 Å². The second kappa shape index (κ2) is 6.23. The van der Waals surface area contributed by atoms with Crippen molar-refractivity contribution in [2.45, 2.75) is 25.1 Å². The van der Waals surface area contributed by atoms with Gasteiger partial charge in [-0.05, 0) is 6.42 Å². The minimum Gasteiger partial charge on any atom is -0.394 e. The Labute approximate surface area is 114 Å². The number of anilines is 2. The van der Waals surface area contributed by atoms with Gasteiger partial charge in [-0.25, -0.2) is 9.97 Å². The molecule has 0 saturated heterocycles. The molecule has 0 bridgehead atoms. The van der Waals surface area contributed by atoms with Crippen LogP contribution in [0, 0.1) is 0 Å². The van der Waals surface area contributed by atoms with Gasteiger partial charge in [0.2, 0.25) is 5.82 Å². The molecule has 6 nitrogen and oxygen atoms in total. The third-order valence-electron chi connectivity index (χ3n) is 2.91. The van der Waals surface area contributed by atoms with Gasteiger partial charge in [0.1, 0.15) is 11.6 Å². The molecule has 1 rings (SSSR count). The summed E-state index contributed by atoms with van der Waals surface area (Å²) >= 11 is 0. The molecule has 1 aromatic heterocycles. The normalized spacial score (nSPS) is 12.3. The van der Waals surface area contributed by atoms with E-state index in [0.29, 0.717) is 6.42 Å². The maximum atomic E-state index is 12.7. The first-order valence-electron chi connectivity index (χ1n) is 5.94. The molecule has 4 N–H and O–H groups in total. The first-order chi connectivity index (χ1) is 9.30. The second-order valence-electron chi connectivity index (χ2n) is 4.28. The molecule has 114 valence electrons. The van der Waals surface area contributed by atoms with Crippen LogP contribution in [0.2, 0.25) is 0 Å². The van der Waals surface area contributed by atoms with Crippen molar-refractivity contribution in [1.29, 1.82) is 0 Å². The summed E-state index contributed by atoms with van der Waals surface area (Å²) in [5.74, 6) is -1.44. The molecule has 0 amide bonds. The van der Waals surface area contributed by atoms with E-state index < -0.39 is 30.8 Å². The third-order valence-corrected chi connectivity index (χ3v) is 2.91. The average molecular weight is 294 g/mol. The van der Waals surface area contributed by atoms with E-state index in [4.69, 9.17) is 0 Å². The van der Waals surface area contributed by atoms with Crippen LogP contribution >= 0.6 is 0 Å². The van der Waals surface area contributed by atoms with Gasteiger partial charge in [0.25, 0.3) is 0 Å². The van der Waals surface area contributed by atoms with Gasteiger partial charge in [-0.15, -0.1) is 0 Å². The number of aliphatic hydroxyl groups excluding tert-OH is 2. The van der Waals surface area contributed by atoms with E-state index in [-0.39, 0.29) is 11.6 Å². The highest BCUT2D eigenvalue weighted by molar-refractivity contribution is 5.49. The lowest BCUT2D eigenvalue weighted by Gasteiger charge is -2.30. The minimum atomic E-state index is -4.68. The molecule has 0 fully saturated rings. The van der Waals surface area contributed by atoms with Gasteiger partial charge in [0.15, 0.2) is 0 Å². The average Bonchev–Trinajstić information content (AvgIpc) is 2.43. The molecule has 1 heterocycles. The van der Waals surface area contributed by atoms with E-state index in [1.807, 2.05) is 0 Å². The molecule has 1 aromatic rings. The highest BCUT2D eigenvalue weighted by Crippen LogP contribution is 2.29. The molecule has 9 heteroatoms. The number of alkyl halides is 3. The number of hydrogen-bond acceptors (Lipinski definition) is 6. The van der Waals surface area contributed by atoms with Crippen LogP contribution in [-0.4, -0.2) is 46.0 Å². The predicted octanol–water partition coefficient (Wildman–Crippen LogP) is 1.08. The van der Waals surface area contributed by atoms with E-state index in [2.05, 4.69) is 20.6 Å². The van der Waals surface area contributed by atoms with Crippen molar-refractivity contribution in [3.63, 3.8) is 0 Å². The zero-order valence-electron chi connectivity index (χ0n) is 11.1. The standard InChI is InChI=1S/C11H17F3N4O2/c1-3-10(5-19,6-20)18-8-4-7(15-2)16-9(17-8)11(12,13)14/h4,19-20H,3,5-6H2,1-2H3,(H2,15,16,17,18). The van der Waals surface area contributed by atoms with Gasteiger partial charge in [0.05, 0.1) is 18.8 Å². The smallest absolute Gasteiger partial charge is 0.394 e. The fourth-order valence-corrected chi connectivity index (χ4v) is 1.48. The van der Waals surface area contributed by atoms with Crippen LogP contribution in [0.3, 0.4) is 0 Å². The monoisotopic (exact) mass is 294 g/mol. The van der Waals surface area contributed by atoms with Crippen LogP contribution < -0.4 is 10.6 Å². The number of aromatic nitrogens is 2. The molecular weight excluding hydrogens is 277 g/mol. The number of halogens is 3. The number of aliphatic hydroxyl groups is 2. The summed E-state index contributed by atoms with van der Waals surface area (Å²) in [5.41, 5.74) is -1.14. The minimum absolute atomic E-state index is 0.0179. The molecule has 0 aliphatic heterocycles. The Morgan fingerprint density at radius 3 is 2.10 bits per heavy atom. The highest BCUT2D eigenvalue weighted by Gasteiger charge is 2.36. The number of nitrogens with one attached hydrogen (secondary N) is 2. The van der Waals surface area contributed by atoms with Crippen molar-refractivity contribution in [2.24, 2.45) is 0 Å². The summed E-state index contributed by atoms with van der Waals surface area (Å²) < 4.78 is 38.1. The molecule has 0 atom stereocenters. The number of hydrogen-bond donors (Lipinski definition) is 4. The maximum Gasteiger partial charge on any atom is 0.451 e. The molecule has 20 heavy (non-hydrogen) atoms. The SMILES string of the molecule is CCC(CO)(CO)Nc1cc(NC)nc(C(F)(F)F)n1. The van der Waals surface area contributed by atoms with E-state index in [0.717, 1.165) is 0 Å². The van der Waals surface area contributed by atoms with Crippen molar-refractivity contribution < 1.29 is 23.4 Å². The van der Waals surface area contributed by atoms with Crippen molar-refractivity contribution in [3.8, 4) is 0 Å².